The summed E-state index contributed by atoms with van der Waals surface area (Å²) < 4.78 is 5.16. The fourth-order valence-corrected chi connectivity index (χ4v) is 1.77. The molecule has 0 aromatic heterocycles. The molecule has 1 aliphatic heterocycles. The van der Waals surface area contributed by atoms with Crippen LogP contribution in [0.25, 0.3) is 0 Å². The van der Waals surface area contributed by atoms with Gasteiger partial charge in [0.25, 0.3) is 5.91 Å². The van der Waals surface area contributed by atoms with Crippen LogP contribution in [0.5, 0.6) is 5.75 Å². The van der Waals surface area contributed by atoms with E-state index in [0.29, 0.717) is 11.1 Å². The number of aromatic hydroxyl groups is 1. The molecular formula is C13H15NO4. The average molecular weight is 249 g/mol. The van der Waals surface area contributed by atoms with Gasteiger partial charge in [0.05, 0.1) is 6.54 Å². The average Bonchev–Trinajstić information content (AvgIpc) is 2.53. The number of hydrogen-bond acceptors (Lipinski definition) is 4. The van der Waals surface area contributed by atoms with Crippen LogP contribution in [0.15, 0.2) is 18.2 Å². The fraction of sp³-hybridized carbons (Fsp3) is 0.385. The molecule has 1 heterocycles. The summed E-state index contributed by atoms with van der Waals surface area (Å²) in [4.78, 5) is 24.9. The number of rotatable bonds is 0. The van der Waals surface area contributed by atoms with Crippen LogP contribution < -0.4 is 0 Å². The van der Waals surface area contributed by atoms with Crippen molar-refractivity contribution in [2.45, 2.75) is 32.9 Å². The number of phenolic OH excluding ortho intramolecular Hbond substituents is 1. The largest absolute Gasteiger partial charge is 0.508 e. The van der Waals surface area contributed by atoms with Gasteiger partial charge >= 0.3 is 6.09 Å². The number of benzene rings is 1. The molecule has 2 rings (SSSR count). The van der Waals surface area contributed by atoms with Crippen molar-refractivity contribution in [1.29, 1.82) is 0 Å². The summed E-state index contributed by atoms with van der Waals surface area (Å²) in [6, 6.07) is 4.42. The Morgan fingerprint density at radius 2 is 2.06 bits per heavy atom. The van der Waals surface area contributed by atoms with Crippen LogP contribution in [-0.2, 0) is 11.3 Å². The Morgan fingerprint density at radius 3 is 2.67 bits per heavy atom. The molecule has 0 aliphatic carbocycles. The van der Waals surface area contributed by atoms with Crippen molar-refractivity contribution in [2.24, 2.45) is 0 Å². The molecule has 5 heteroatoms. The van der Waals surface area contributed by atoms with Crippen LogP contribution >= 0.6 is 0 Å². The fourth-order valence-electron chi connectivity index (χ4n) is 1.77. The van der Waals surface area contributed by atoms with Gasteiger partial charge in [-0.1, -0.05) is 0 Å². The maximum atomic E-state index is 12.0. The summed E-state index contributed by atoms with van der Waals surface area (Å²) in [5.41, 5.74) is 0.415. The Hall–Kier alpha value is -2.04. The molecule has 1 N–H and O–H groups in total. The molecule has 0 saturated heterocycles. The second-order valence-electron chi connectivity index (χ2n) is 5.21. The number of carbonyl (C=O) groups is 2. The summed E-state index contributed by atoms with van der Waals surface area (Å²) in [7, 11) is 0. The van der Waals surface area contributed by atoms with Crippen LogP contribution in [-0.4, -0.2) is 27.6 Å². The van der Waals surface area contributed by atoms with E-state index >= 15 is 0 Å². The molecule has 0 unspecified atom stereocenters. The summed E-state index contributed by atoms with van der Waals surface area (Å²) in [5.74, 6) is -0.313. The molecular weight excluding hydrogens is 234 g/mol. The summed E-state index contributed by atoms with van der Waals surface area (Å²) >= 11 is 0. The molecule has 96 valence electrons. The molecule has 0 saturated carbocycles. The Morgan fingerprint density at radius 1 is 1.39 bits per heavy atom. The number of nitrogens with zero attached hydrogens (tertiary/aromatic N) is 1. The van der Waals surface area contributed by atoms with Crippen LogP contribution in [0, 0.1) is 0 Å². The number of carbonyl (C=O) groups excluding carboxylic acids is 2. The molecule has 0 fully saturated rings. The summed E-state index contributed by atoms with van der Waals surface area (Å²) in [5, 5.41) is 9.35. The Bertz CT molecular complexity index is 516. The molecule has 2 amide bonds. The van der Waals surface area contributed by atoms with Crippen molar-refractivity contribution in [2.75, 3.05) is 0 Å². The second kappa shape index (κ2) is 4.01. The number of amides is 2. The van der Waals surface area contributed by atoms with Gasteiger partial charge in [0.2, 0.25) is 0 Å². The van der Waals surface area contributed by atoms with Crippen molar-refractivity contribution in [3.8, 4) is 5.75 Å². The maximum Gasteiger partial charge on any atom is 0.417 e. The normalized spacial score (nSPS) is 14.6. The minimum Gasteiger partial charge on any atom is -0.508 e. The van der Waals surface area contributed by atoms with E-state index in [1.165, 1.54) is 18.2 Å². The van der Waals surface area contributed by atoms with Gasteiger partial charge in [-0.05, 0) is 44.5 Å². The highest BCUT2D eigenvalue weighted by atomic mass is 16.6. The van der Waals surface area contributed by atoms with Gasteiger partial charge in [-0.25, -0.2) is 9.69 Å². The van der Waals surface area contributed by atoms with Crippen LogP contribution in [0.2, 0.25) is 0 Å². The smallest absolute Gasteiger partial charge is 0.417 e. The third kappa shape index (κ3) is 2.30. The highest BCUT2D eigenvalue weighted by molar-refractivity contribution is 6.06. The molecule has 0 atom stereocenters. The predicted octanol–water partition coefficient (Wildman–Crippen LogP) is 2.28. The zero-order valence-electron chi connectivity index (χ0n) is 10.6. The van der Waals surface area contributed by atoms with Gasteiger partial charge in [-0.3, -0.25) is 4.79 Å². The van der Waals surface area contributed by atoms with E-state index in [2.05, 4.69) is 0 Å². The van der Waals surface area contributed by atoms with Crippen LogP contribution in [0.4, 0.5) is 4.79 Å². The SMILES string of the molecule is CC(C)(C)OC(=O)N1Cc2cc(O)ccc2C1=O. The van der Waals surface area contributed by atoms with E-state index in [9.17, 15) is 14.7 Å². The van der Waals surface area contributed by atoms with Gasteiger partial charge in [-0.15, -0.1) is 0 Å². The Balaban J connectivity index is 2.21. The molecule has 0 spiro atoms. The molecule has 1 aliphatic rings. The number of imide groups is 1. The number of hydrogen-bond donors (Lipinski definition) is 1. The zero-order chi connectivity index (χ0) is 13.5. The van der Waals surface area contributed by atoms with E-state index < -0.39 is 11.7 Å². The van der Waals surface area contributed by atoms with Gasteiger partial charge in [0.1, 0.15) is 11.4 Å². The number of phenols is 1. The first-order valence-electron chi connectivity index (χ1n) is 5.65. The van der Waals surface area contributed by atoms with E-state index in [1.54, 1.807) is 20.8 Å². The topological polar surface area (TPSA) is 66.8 Å². The van der Waals surface area contributed by atoms with Crippen LogP contribution in [0.1, 0.15) is 36.7 Å². The predicted molar refractivity (Wildman–Crippen MR) is 64.2 cm³/mol. The van der Waals surface area contributed by atoms with Gasteiger partial charge in [0.15, 0.2) is 0 Å². The summed E-state index contributed by atoms with van der Waals surface area (Å²) in [6.07, 6.45) is -0.664. The quantitative estimate of drug-likeness (QED) is 0.766. The van der Waals surface area contributed by atoms with Gasteiger partial charge in [-0.2, -0.15) is 0 Å². The first-order chi connectivity index (χ1) is 8.28. The van der Waals surface area contributed by atoms with Gasteiger partial charge in [0, 0.05) is 5.56 Å². The van der Waals surface area contributed by atoms with Crippen molar-refractivity contribution in [1.82, 2.24) is 4.90 Å². The highest BCUT2D eigenvalue weighted by Gasteiger charge is 2.34. The van der Waals surface area contributed by atoms with Crippen LogP contribution in [0.3, 0.4) is 0 Å². The first-order valence-corrected chi connectivity index (χ1v) is 5.65. The van der Waals surface area contributed by atoms with Crippen molar-refractivity contribution in [3.05, 3.63) is 29.3 Å². The summed E-state index contributed by atoms with van der Waals surface area (Å²) in [6.45, 7) is 5.36. The molecule has 0 radical (unpaired) electrons. The lowest BCUT2D eigenvalue weighted by Gasteiger charge is -2.23. The zero-order valence-corrected chi connectivity index (χ0v) is 10.6. The Kier molecular flexibility index (Phi) is 2.77. The lowest BCUT2D eigenvalue weighted by atomic mass is 10.1. The van der Waals surface area contributed by atoms with Crippen molar-refractivity contribution in [3.63, 3.8) is 0 Å². The molecule has 1 aromatic rings. The number of fused-ring (bicyclic) bond motifs is 1. The molecule has 5 nitrogen and oxygen atoms in total. The van der Waals surface area contributed by atoms with E-state index in [1.807, 2.05) is 0 Å². The van der Waals surface area contributed by atoms with Crippen molar-refractivity contribution >= 4 is 12.0 Å². The standard InChI is InChI=1S/C13H15NO4/c1-13(2,3)18-12(17)14-7-8-6-9(15)4-5-10(8)11(14)16/h4-6,15H,7H2,1-3H3. The van der Waals surface area contributed by atoms with E-state index in [0.717, 1.165) is 4.90 Å². The maximum absolute atomic E-state index is 12.0. The second-order valence-corrected chi connectivity index (χ2v) is 5.21. The monoisotopic (exact) mass is 249 g/mol. The highest BCUT2D eigenvalue weighted by Crippen LogP contribution is 2.27. The van der Waals surface area contributed by atoms with E-state index in [-0.39, 0.29) is 18.2 Å². The third-order valence-corrected chi connectivity index (χ3v) is 2.51. The first kappa shape index (κ1) is 12.4. The molecule has 0 bridgehead atoms. The van der Waals surface area contributed by atoms with Crippen molar-refractivity contribution < 1.29 is 19.4 Å². The van der Waals surface area contributed by atoms with E-state index in [4.69, 9.17) is 4.74 Å². The minimum atomic E-state index is -0.664. The molecule has 1 aromatic carbocycles. The lowest BCUT2D eigenvalue weighted by Crippen LogP contribution is -2.36. The lowest BCUT2D eigenvalue weighted by molar-refractivity contribution is 0.0248. The number of ether oxygens (including phenoxy) is 1. The third-order valence-electron chi connectivity index (χ3n) is 2.51. The molecule has 18 heavy (non-hydrogen) atoms. The van der Waals surface area contributed by atoms with Gasteiger partial charge < -0.3 is 9.84 Å². The minimum absolute atomic E-state index is 0.0765. The Labute approximate surface area is 105 Å².